The Hall–Kier alpha value is -3.32. The van der Waals surface area contributed by atoms with Crippen LogP contribution in [0.1, 0.15) is 23.0 Å². The van der Waals surface area contributed by atoms with E-state index in [4.69, 9.17) is 20.8 Å². The van der Waals surface area contributed by atoms with Gasteiger partial charge in [0, 0.05) is 11.9 Å². The lowest BCUT2D eigenvalue weighted by Gasteiger charge is -2.15. The lowest BCUT2D eigenvalue weighted by atomic mass is 10.1. The molecular weight excluding hydrogens is 382 g/mol. The molecule has 28 heavy (non-hydrogen) atoms. The van der Waals surface area contributed by atoms with Gasteiger partial charge >= 0.3 is 5.97 Å². The van der Waals surface area contributed by atoms with E-state index in [2.05, 4.69) is 15.6 Å². The minimum Gasteiger partial charge on any atom is -0.467 e. The third-order valence-electron chi connectivity index (χ3n) is 3.81. The molecule has 3 aromatic rings. The van der Waals surface area contributed by atoms with Crippen molar-refractivity contribution >= 4 is 35.0 Å². The molecule has 2 N–H and O–H groups in total. The van der Waals surface area contributed by atoms with Crippen LogP contribution in [0.15, 0.2) is 65.4 Å². The number of pyridine rings is 1. The van der Waals surface area contributed by atoms with Crippen LogP contribution in [0.5, 0.6) is 0 Å². The molecule has 1 amide bonds. The number of rotatable bonds is 7. The van der Waals surface area contributed by atoms with E-state index in [1.165, 1.54) is 13.1 Å². The van der Waals surface area contributed by atoms with E-state index < -0.39 is 18.0 Å². The second kappa shape index (κ2) is 9.05. The number of esters is 1. The first kappa shape index (κ1) is 19.4. The summed E-state index contributed by atoms with van der Waals surface area (Å²) in [6.07, 6.45) is 1.98. The fourth-order valence-electron chi connectivity index (χ4n) is 2.37. The number of nitrogens with one attached hydrogen (secondary N) is 2. The van der Waals surface area contributed by atoms with E-state index >= 15 is 0 Å². The van der Waals surface area contributed by atoms with Gasteiger partial charge in [0.05, 0.1) is 23.4 Å². The summed E-state index contributed by atoms with van der Waals surface area (Å²) in [5.74, 6) is -0.0670. The van der Waals surface area contributed by atoms with Crippen molar-refractivity contribution in [2.24, 2.45) is 0 Å². The summed E-state index contributed by atoms with van der Waals surface area (Å²) in [6.45, 7) is 1.90. The number of hydrogen-bond acceptors (Lipinski definition) is 6. The summed E-state index contributed by atoms with van der Waals surface area (Å²) >= 11 is 5.76. The summed E-state index contributed by atoms with van der Waals surface area (Å²) in [7, 11) is 0. The topological polar surface area (TPSA) is 93.5 Å². The number of carbonyl (C=O) groups excluding carboxylic acids is 2. The van der Waals surface area contributed by atoms with Gasteiger partial charge in [0.1, 0.15) is 11.6 Å². The maximum absolute atomic E-state index is 12.5. The van der Waals surface area contributed by atoms with Crippen LogP contribution in [0.2, 0.25) is 5.02 Å². The number of amides is 1. The van der Waals surface area contributed by atoms with Crippen LogP contribution < -0.4 is 10.6 Å². The fraction of sp³-hybridized carbons (Fsp3) is 0.150. The predicted octanol–water partition coefficient (Wildman–Crippen LogP) is 4.12. The number of halogens is 1. The number of aromatic nitrogens is 1. The number of benzene rings is 1. The van der Waals surface area contributed by atoms with Crippen molar-refractivity contribution in [1.29, 1.82) is 0 Å². The number of anilines is 2. The molecule has 0 aliphatic carbocycles. The van der Waals surface area contributed by atoms with E-state index in [0.717, 1.165) is 5.76 Å². The van der Waals surface area contributed by atoms with Gasteiger partial charge < -0.3 is 19.8 Å². The largest absolute Gasteiger partial charge is 0.467 e. The van der Waals surface area contributed by atoms with Gasteiger partial charge in [0.25, 0.3) is 5.91 Å². The van der Waals surface area contributed by atoms with Crippen LogP contribution in [0.25, 0.3) is 0 Å². The molecule has 8 heteroatoms. The summed E-state index contributed by atoms with van der Waals surface area (Å²) in [5, 5.41) is 6.15. The van der Waals surface area contributed by atoms with Gasteiger partial charge in [-0.15, -0.1) is 0 Å². The molecule has 0 saturated carbocycles. The molecule has 0 spiro atoms. The average molecular weight is 400 g/mol. The van der Waals surface area contributed by atoms with Crippen LogP contribution in [-0.4, -0.2) is 23.0 Å². The Labute approximate surface area is 166 Å². The molecule has 0 saturated heterocycles. The van der Waals surface area contributed by atoms with Crippen LogP contribution >= 0.6 is 11.6 Å². The number of carbonyl (C=O) groups is 2. The van der Waals surface area contributed by atoms with Crippen LogP contribution in [0.3, 0.4) is 0 Å². The molecular formula is C20H18ClN3O4. The number of hydrogen-bond donors (Lipinski definition) is 2. The molecule has 1 atom stereocenters. The highest BCUT2D eigenvalue weighted by atomic mass is 35.5. The molecule has 7 nitrogen and oxygen atoms in total. The number of nitrogens with zero attached hydrogens (tertiary/aromatic N) is 1. The van der Waals surface area contributed by atoms with E-state index in [0.29, 0.717) is 28.6 Å². The average Bonchev–Trinajstić information content (AvgIpc) is 3.22. The second-order valence-electron chi connectivity index (χ2n) is 5.88. The lowest BCUT2D eigenvalue weighted by molar-refractivity contribution is -0.123. The van der Waals surface area contributed by atoms with Gasteiger partial charge in [0.2, 0.25) is 0 Å². The summed E-state index contributed by atoms with van der Waals surface area (Å²) in [4.78, 5) is 28.8. The zero-order valence-electron chi connectivity index (χ0n) is 15.0. The van der Waals surface area contributed by atoms with Crippen LogP contribution in [0, 0.1) is 0 Å². The normalized spacial score (nSPS) is 11.5. The Bertz CT molecular complexity index is 942. The van der Waals surface area contributed by atoms with Crippen molar-refractivity contribution in [2.45, 2.75) is 19.6 Å². The summed E-state index contributed by atoms with van der Waals surface area (Å²) in [5.41, 5.74) is 0.897. The van der Waals surface area contributed by atoms with Crippen molar-refractivity contribution in [3.05, 3.63) is 77.3 Å². The number of furan rings is 1. The van der Waals surface area contributed by atoms with Crippen molar-refractivity contribution in [3.63, 3.8) is 0 Å². The molecule has 0 bridgehead atoms. The first-order chi connectivity index (χ1) is 13.5. The third kappa shape index (κ3) is 5.11. The van der Waals surface area contributed by atoms with Gasteiger partial charge in [-0.05, 0) is 43.3 Å². The van der Waals surface area contributed by atoms with Crippen LogP contribution in [0.4, 0.5) is 11.5 Å². The number of ether oxygens (including phenoxy) is 1. The summed E-state index contributed by atoms with van der Waals surface area (Å²) in [6, 6.07) is 13.7. The van der Waals surface area contributed by atoms with Crippen molar-refractivity contribution in [1.82, 2.24) is 4.98 Å². The van der Waals surface area contributed by atoms with Crippen LogP contribution in [-0.2, 0) is 16.1 Å². The molecule has 144 valence electrons. The Kier molecular flexibility index (Phi) is 6.29. The zero-order valence-corrected chi connectivity index (χ0v) is 15.8. The molecule has 0 aliphatic heterocycles. The first-order valence-corrected chi connectivity index (χ1v) is 8.89. The SMILES string of the molecule is C[C@H](OC(=O)c1ccccc1NCc1ccco1)C(=O)Nc1ccc(Cl)cn1. The zero-order chi connectivity index (χ0) is 19.9. The van der Waals surface area contributed by atoms with Crippen molar-refractivity contribution < 1.29 is 18.7 Å². The molecule has 2 aromatic heterocycles. The maximum Gasteiger partial charge on any atom is 0.341 e. The van der Waals surface area contributed by atoms with Gasteiger partial charge in [0.15, 0.2) is 6.10 Å². The fourth-order valence-corrected chi connectivity index (χ4v) is 2.48. The van der Waals surface area contributed by atoms with Gasteiger partial charge in [-0.25, -0.2) is 9.78 Å². The second-order valence-corrected chi connectivity index (χ2v) is 6.31. The van der Waals surface area contributed by atoms with E-state index in [1.807, 2.05) is 6.07 Å². The Balaban J connectivity index is 1.61. The smallest absolute Gasteiger partial charge is 0.341 e. The Morgan fingerprint density at radius 1 is 1.18 bits per heavy atom. The van der Waals surface area contributed by atoms with Crippen molar-refractivity contribution in [3.8, 4) is 0 Å². The monoisotopic (exact) mass is 399 g/mol. The molecule has 0 unspecified atom stereocenters. The quantitative estimate of drug-likeness (QED) is 0.580. The third-order valence-corrected chi connectivity index (χ3v) is 4.04. The predicted molar refractivity (Wildman–Crippen MR) is 105 cm³/mol. The molecule has 2 heterocycles. The van der Waals surface area contributed by atoms with E-state index in [-0.39, 0.29) is 0 Å². The highest BCUT2D eigenvalue weighted by molar-refractivity contribution is 6.30. The minimum atomic E-state index is -1.01. The minimum absolute atomic E-state index is 0.317. The maximum atomic E-state index is 12.5. The molecule has 0 radical (unpaired) electrons. The van der Waals surface area contributed by atoms with Gasteiger partial charge in [-0.2, -0.15) is 0 Å². The molecule has 0 aliphatic rings. The number of para-hydroxylation sites is 1. The standard InChI is InChI=1S/C20H18ClN3O4/c1-13(19(25)24-18-9-8-14(21)11-23-18)28-20(26)16-6-2-3-7-17(16)22-12-15-5-4-10-27-15/h2-11,13,22H,12H2,1H3,(H,23,24,25)/t13-/m0/s1. The Morgan fingerprint density at radius 2 is 2.00 bits per heavy atom. The van der Waals surface area contributed by atoms with Gasteiger partial charge in [-0.3, -0.25) is 4.79 Å². The highest BCUT2D eigenvalue weighted by Gasteiger charge is 2.21. The van der Waals surface area contributed by atoms with E-state index in [1.54, 1.807) is 48.7 Å². The van der Waals surface area contributed by atoms with Gasteiger partial charge in [-0.1, -0.05) is 23.7 Å². The molecule has 1 aromatic carbocycles. The lowest BCUT2D eigenvalue weighted by Crippen LogP contribution is -2.30. The highest BCUT2D eigenvalue weighted by Crippen LogP contribution is 2.18. The Morgan fingerprint density at radius 3 is 2.71 bits per heavy atom. The first-order valence-electron chi connectivity index (χ1n) is 8.51. The summed E-state index contributed by atoms with van der Waals surface area (Å²) < 4.78 is 10.6. The van der Waals surface area contributed by atoms with Crippen molar-refractivity contribution in [2.75, 3.05) is 10.6 Å². The molecule has 3 rings (SSSR count). The van der Waals surface area contributed by atoms with E-state index in [9.17, 15) is 9.59 Å². The molecule has 0 fully saturated rings.